The Morgan fingerprint density at radius 3 is 2.71 bits per heavy atom. The van der Waals surface area contributed by atoms with Crippen LogP contribution in [0.5, 0.6) is 5.75 Å². The average molecular weight is 291 g/mol. The summed E-state index contributed by atoms with van der Waals surface area (Å²) in [5, 5.41) is 2.75. The van der Waals surface area contributed by atoms with Gasteiger partial charge in [-0.2, -0.15) is 0 Å². The molecule has 1 saturated carbocycles. The number of nitrogens with zero attached hydrogens (tertiary/aromatic N) is 1. The van der Waals surface area contributed by atoms with Crippen molar-refractivity contribution in [1.82, 2.24) is 4.90 Å². The van der Waals surface area contributed by atoms with Crippen LogP contribution in [0.2, 0.25) is 0 Å². The number of hydrogen-bond acceptors (Lipinski definition) is 4. The maximum Gasteiger partial charge on any atom is 0.243 e. The summed E-state index contributed by atoms with van der Waals surface area (Å²) in [7, 11) is 1.56. The summed E-state index contributed by atoms with van der Waals surface area (Å²) in [5.74, 6) is 0.267. The second-order valence-electron chi connectivity index (χ2n) is 5.26. The van der Waals surface area contributed by atoms with Gasteiger partial charge in [-0.3, -0.25) is 9.59 Å². The van der Waals surface area contributed by atoms with E-state index in [9.17, 15) is 9.59 Å². The van der Waals surface area contributed by atoms with Gasteiger partial charge in [0.25, 0.3) is 0 Å². The summed E-state index contributed by atoms with van der Waals surface area (Å²) >= 11 is 0. The van der Waals surface area contributed by atoms with Crippen LogP contribution in [0.25, 0.3) is 0 Å². The molecule has 0 aliphatic heterocycles. The summed E-state index contributed by atoms with van der Waals surface area (Å²) in [6, 6.07) is 7.07. The zero-order chi connectivity index (χ0) is 15.5. The van der Waals surface area contributed by atoms with Crippen molar-refractivity contribution < 1.29 is 14.3 Å². The van der Waals surface area contributed by atoms with Crippen LogP contribution in [-0.4, -0.2) is 42.5 Å². The molecule has 1 aliphatic rings. The highest BCUT2D eigenvalue weighted by atomic mass is 16.5. The predicted octanol–water partition coefficient (Wildman–Crippen LogP) is 0.974. The van der Waals surface area contributed by atoms with Crippen molar-refractivity contribution in [2.75, 3.05) is 25.5 Å². The molecule has 21 heavy (non-hydrogen) atoms. The number of benzene rings is 1. The molecular weight excluding hydrogens is 270 g/mol. The normalized spacial score (nSPS) is 15.2. The minimum absolute atomic E-state index is 0.00545. The Morgan fingerprint density at radius 1 is 1.43 bits per heavy atom. The molecule has 6 heteroatoms. The van der Waals surface area contributed by atoms with Gasteiger partial charge in [0.15, 0.2) is 0 Å². The maximum atomic E-state index is 12.1. The average Bonchev–Trinajstić information content (AvgIpc) is 3.23. The summed E-state index contributed by atoms with van der Waals surface area (Å²) in [4.78, 5) is 25.7. The highest BCUT2D eigenvalue weighted by Gasteiger charge is 2.48. The van der Waals surface area contributed by atoms with Crippen LogP contribution in [-0.2, 0) is 9.59 Å². The lowest BCUT2D eigenvalue weighted by atomic mass is 10.2. The second-order valence-corrected chi connectivity index (χ2v) is 5.26. The van der Waals surface area contributed by atoms with Crippen molar-refractivity contribution in [2.45, 2.75) is 25.3 Å². The highest BCUT2D eigenvalue weighted by Crippen LogP contribution is 2.34. The van der Waals surface area contributed by atoms with Gasteiger partial charge in [0.05, 0.1) is 19.2 Å². The van der Waals surface area contributed by atoms with Crippen LogP contribution < -0.4 is 15.8 Å². The van der Waals surface area contributed by atoms with E-state index in [0.29, 0.717) is 30.8 Å². The lowest BCUT2D eigenvalue weighted by Crippen LogP contribution is -2.48. The summed E-state index contributed by atoms with van der Waals surface area (Å²) in [6.07, 6.45) is 1.39. The number of likely N-dealkylation sites (N-methyl/N-ethyl adjacent to an activating group) is 1. The lowest BCUT2D eigenvalue weighted by molar-refractivity contribution is -0.136. The third kappa shape index (κ3) is 3.72. The Balaban J connectivity index is 1.94. The van der Waals surface area contributed by atoms with E-state index in [1.807, 2.05) is 6.92 Å². The minimum Gasteiger partial charge on any atom is -0.497 e. The molecule has 1 aromatic rings. The largest absolute Gasteiger partial charge is 0.497 e. The first-order chi connectivity index (χ1) is 9.98. The quantitative estimate of drug-likeness (QED) is 0.818. The molecule has 2 rings (SSSR count). The van der Waals surface area contributed by atoms with Gasteiger partial charge in [-0.25, -0.2) is 0 Å². The van der Waals surface area contributed by atoms with Crippen molar-refractivity contribution in [2.24, 2.45) is 5.73 Å². The topological polar surface area (TPSA) is 84.7 Å². The van der Waals surface area contributed by atoms with Crippen LogP contribution in [0.1, 0.15) is 19.8 Å². The molecule has 6 nitrogen and oxygen atoms in total. The molecule has 0 radical (unpaired) electrons. The predicted molar refractivity (Wildman–Crippen MR) is 80.0 cm³/mol. The first kappa shape index (κ1) is 15.3. The molecule has 0 atom stereocenters. The fourth-order valence-electron chi connectivity index (χ4n) is 2.07. The highest BCUT2D eigenvalue weighted by molar-refractivity contribution is 5.97. The van der Waals surface area contributed by atoms with Crippen LogP contribution in [0.4, 0.5) is 5.69 Å². The van der Waals surface area contributed by atoms with Gasteiger partial charge in [0, 0.05) is 18.3 Å². The standard InChI is InChI=1S/C15H21N3O3/c1-3-18(14(20)15(16)7-8-15)10-13(19)17-11-5-4-6-12(9-11)21-2/h4-6,9H,3,7-8,10,16H2,1-2H3,(H,17,19). The summed E-state index contributed by atoms with van der Waals surface area (Å²) in [6.45, 7) is 2.30. The maximum absolute atomic E-state index is 12.1. The fourth-order valence-corrected chi connectivity index (χ4v) is 2.07. The molecule has 114 valence electrons. The molecule has 3 N–H and O–H groups in total. The molecule has 0 unspecified atom stereocenters. The van der Waals surface area contributed by atoms with Gasteiger partial charge < -0.3 is 20.7 Å². The Hall–Kier alpha value is -2.08. The molecule has 0 bridgehead atoms. The molecule has 2 amide bonds. The first-order valence-electron chi connectivity index (χ1n) is 7.00. The number of amides is 2. The van der Waals surface area contributed by atoms with E-state index in [0.717, 1.165) is 0 Å². The van der Waals surface area contributed by atoms with E-state index in [4.69, 9.17) is 10.5 Å². The van der Waals surface area contributed by atoms with Gasteiger partial charge in [0.1, 0.15) is 5.75 Å². The fraction of sp³-hybridized carbons (Fsp3) is 0.467. The molecule has 1 aromatic carbocycles. The Morgan fingerprint density at radius 2 is 2.14 bits per heavy atom. The monoisotopic (exact) mass is 291 g/mol. The van der Waals surface area contributed by atoms with Crippen molar-refractivity contribution in [3.63, 3.8) is 0 Å². The van der Waals surface area contributed by atoms with Gasteiger partial charge >= 0.3 is 0 Å². The smallest absolute Gasteiger partial charge is 0.243 e. The number of carbonyl (C=O) groups is 2. The van der Waals surface area contributed by atoms with Gasteiger partial charge in [-0.15, -0.1) is 0 Å². The van der Waals surface area contributed by atoms with Crippen molar-refractivity contribution >= 4 is 17.5 Å². The summed E-state index contributed by atoms with van der Waals surface area (Å²) in [5.41, 5.74) is 5.79. The number of nitrogens with two attached hydrogens (primary N) is 1. The zero-order valence-corrected chi connectivity index (χ0v) is 12.4. The van der Waals surface area contributed by atoms with Crippen LogP contribution >= 0.6 is 0 Å². The first-order valence-corrected chi connectivity index (χ1v) is 7.00. The van der Waals surface area contributed by atoms with Crippen molar-refractivity contribution in [1.29, 1.82) is 0 Å². The SMILES string of the molecule is CCN(CC(=O)Nc1cccc(OC)c1)C(=O)C1(N)CC1. The van der Waals surface area contributed by atoms with Crippen LogP contribution in [0.15, 0.2) is 24.3 Å². The molecule has 0 heterocycles. The Bertz CT molecular complexity index is 541. The number of hydrogen-bond donors (Lipinski definition) is 2. The van der Waals surface area contributed by atoms with Crippen LogP contribution in [0, 0.1) is 0 Å². The number of anilines is 1. The number of ether oxygens (including phenoxy) is 1. The van der Waals surface area contributed by atoms with Gasteiger partial charge in [0.2, 0.25) is 11.8 Å². The number of nitrogens with one attached hydrogen (secondary N) is 1. The number of methoxy groups -OCH3 is 1. The molecule has 0 spiro atoms. The Kier molecular flexibility index (Phi) is 4.47. The van der Waals surface area contributed by atoms with E-state index in [-0.39, 0.29) is 18.4 Å². The number of rotatable bonds is 6. The van der Waals surface area contributed by atoms with E-state index in [2.05, 4.69) is 5.32 Å². The summed E-state index contributed by atoms with van der Waals surface area (Å²) < 4.78 is 5.10. The van der Waals surface area contributed by atoms with E-state index in [1.165, 1.54) is 4.90 Å². The van der Waals surface area contributed by atoms with Gasteiger partial charge in [-0.05, 0) is 31.9 Å². The van der Waals surface area contributed by atoms with Crippen LogP contribution in [0.3, 0.4) is 0 Å². The molecule has 1 aliphatic carbocycles. The zero-order valence-electron chi connectivity index (χ0n) is 12.4. The third-order valence-corrected chi connectivity index (χ3v) is 3.57. The van der Waals surface area contributed by atoms with Gasteiger partial charge in [-0.1, -0.05) is 6.07 Å². The van der Waals surface area contributed by atoms with E-state index < -0.39 is 5.54 Å². The van der Waals surface area contributed by atoms with E-state index in [1.54, 1.807) is 31.4 Å². The second kappa shape index (κ2) is 6.13. The number of carbonyl (C=O) groups excluding carboxylic acids is 2. The van der Waals surface area contributed by atoms with Crippen molar-refractivity contribution in [3.8, 4) is 5.75 Å². The molecule has 0 saturated heterocycles. The van der Waals surface area contributed by atoms with Crippen molar-refractivity contribution in [3.05, 3.63) is 24.3 Å². The van der Waals surface area contributed by atoms with E-state index >= 15 is 0 Å². The lowest BCUT2D eigenvalue weighted by Gasteiger charge is -2.23. The molecule has 0 aromatic heterocycles. The Labute approximate surface area is 124 Å². The molecule has 1 fully saturated rings. The minimum atomic E-state index is -0.744. The molecular formula is C15H21N3O3. The third-order valence-electron chi connectivity index (χ3n) is 3.57.